The minimum absolute atomic E-state index is 0.531. The van der Waals surface area contributed by atoms with Crippen LogP contribution in [0.4, 0.5) is 0 Å². The minimum atomic E-state index is 0.531. The highest BCUT2D eigenvalue weighted by atomic mass is 32.1. The van der Waals surface area contributed by atoms with Crippen molar-refractivity contribution in [1.82, 2.24) is 29.5 Å². The highest BCUT2D eigenvalue weighted by Gasteiger charge is 2.12. The highest BCUT2D eigenvalue weighted by Crippen LogP contribution is 2.12. The van der Waals surface area contributed by atoms with Gasteiger partial charge in [0.2, 0.25) is 0 Å². The molecule has 0 amide bonds. The fraction of sp³-hybridized carbons (Fsp3) is 0.231. The van der Waals surface area contributed by atoms with E-state index in [0.29, 0.717) is 11.2 Å². The second kappa shape index (κ2) is 5.01. The Bertz CT molecular complexity index is 763. The molecule has 0 aliphatic heterocycles. The first kappa shape index (κ1) is 12.7. The molecule has 0 unspecified atom stereocenters. The van der Waals surface area contributed by atoms with Crippen LogP contribution in [0, 0.1) is 11.7 Å². The van der Waals surface area contributed by atoms with E-state index in [1.165, 1.54) is 0 Å². The Labute approximate surface area is 121 Å². The van der Waals surface area contributed by atoms with Crippen molar-refractivity contribution in [3.05, 3.63) is 52.6 Å². The predicted molar refractivity (Wildman–Crippen MR) is 77.3 cm³/mol. The first-order valence-corrected chi connectivity index (χ1v) is 6.64. The molecule has 3 aromatic rings. The first-order chi connectivity index (χ1) is 9.65. The van der Waals surface area contributed by atoms with E-state index in [4.69, 9.17) is 12.2 Å². The van der Waals surface area contributed by atoms with Gasteiger partial charge in [-0.2, -0.15) is 10.2 Å². The summed E-state index contributed by atoms with van der Waals surface area (Å²) in [7, 11) is 1.88. The van der Waals surface area contributed by atoms with Crippen LogP contribution in [0.3, 0.4) is 0 Å². The van der Waals surface area contributed by atoms with Gasteiger partial charge in [-0.05, 0) is 31.3 Å². The molecule has 7 heteroatoms. The van der Waals surface area contributed by atoms with Gasteiger partial charge in [-0.25, -0.2) is 4.98 Å². The van der Waals surface area contributed by atoms with E-state index in [1.54, 1.807) is 4.68 Å². The molecule has 0 atom stereocenters. The molecule has 20 heavy (non-hydrogen) atoms. The number of aryl methyl sites for hydroxylation is 2. The van der Waals surface area contributed by atoms with Gasteiger partial charge in [0.25, 0.3) is 0 Å². The summed E-state index contributed by atoms with van der Waals surface area (Å²) in [5.41, 5.74) is 0.980. The lowest BCUT2D eigenvalue weighted by Crippen LogP contribution is -2.04. The van der Waals surface area contributed by atoms with Crippen molar-refractivity contribution >= 4 is 12.2 Å². The maximum Gasteiger partial charge on any atom is 0.199 e. The molecule has 1 aromatic carbocycles. The Morgan fingerprint density at radius 1 is 1.25 bits per heavy atom. The van der Waals surface area contributed by atoms with E-state index in [-0.39, 0.29) is 0 Å². The van der Waals surface area contributed by atoms with E-state index in [2.05, 4.69) is 20.3 Å². The molecule has 6 nitrogen and oxygen atoms in total. The SMILES string of the molecule is Cc1nc(Cc2n[nH]c(=S)n2-c2ccccc2)nn1C. The zero-order chi connectivity index (χ0) is 14.1. The summed E-state index contributed by atoms with van der Waals surface area (Å²) in [5, 5.41) is 11.5. The highest BCUT2D eigenvalue weighted by molar-refractivity contribution is 7.71. The standard InChI is InChI=1S/C13H14N6S/c1-9-14-11(17-18(9)2)8-12-15-16-13(20)19(12)10-6-4-3-5-7-10/h3-7H,8H2,1-2H3,(H,16,20). The molecular weight excluding hydrogens is 272 g/mol. The second-order valence-electron chi connectivity index (χ2n) is 4.49. The summed E-state index contributed by atoms with van der Waals surface area (Å²) < 4.78 is 4.23. The Balaban J connectivity index is 2.01. The zero-order valence-electron chi connectivity index (χ0n) is 11.2. The van der Waals surface area contributed by atoms with Crippen LogP contribution < -0.4 is 0 Å². The van der Waals surface area contributed by atoms with Gasteiger partial charge in [0.05, 0.1) is 6.42 Å². The molecule has 2 aromatic heterocycles. The molecule has 0 aliphatic rings. The number of rotatable bonds is 3. The van der Waals surface area contributed by atoms with Crippen molar-refractivity contribution in [3.63, 3.8) is 0 Å². The molecule has 3 rings (SSSR count). The molecular formula is C13H14N6S. The van der Waals surface area contributed by atoms with Gasteiger partial charge in [0.1, 0.15) is 11.6 Å². The summed E-state index contributed by atoms with van der Waals surface area (Å²) in [6.07, 6.45) is 0.531. The van der Waals surface area contributed by atoms with Crippen molar-refractivity contribution in [2.45, 2.75) is 13.3 Å². The lowest BCUT2D eigenvalue weighted by atomic mass is 10.3. The summed E-state index contributed by atoms with van der Waals surface area (Å²) >= 11 is 5.30. The van der Waals surface area contributed by atoms with Crippen LogP contribution in [-0.2, 0) is 13.5 Å². The lowest BCUT2D eigenvalue weighted by molar-refractivity contribution is 0.719. The summed E-state index contributed by atoms with van der Waals surface area (Å²) in [5.74, 6) is 2.41. The second-order valence-corrected chi connectivity index (χ2v) is 4.88. The maximum absolute atomic E-state index is 5.30. The van der Waals surface area contributed by atoms with Gasteiger partial charge in [-0.1, -0.05) is 18.2 Å². The van der Waals surface area contributed by atoms with Crippen molar-refractivity contribution in [2.24, 2.45) is 7.05 Å². The third-order valence-electron chi connectivity index (χ3n) is 3.10. The Morgan fingerprint density at radius 2 is 2.00 bits per heavy atom. The third kappa shape index (κ3) is 2.27. The summed E-state index contributed by atoms with van der Waals surface area (Å²) in [6, 6.07) is 9.89. The molecule has 0 radical (unpaired) electrons. The number of benzene rings is 1. The van der Waals surface area contributed by atoms with Crippen LogP contribution in [0.2, 0.25) is 0 Å². The van der Waals surface area contributed by atoms with Crippen LogP contribution in [-0.4, -0.2) is 29.5 Å². The molecule has 0 fully saturated rings. The molecule has 0 aliphatic carbocycles. The van der Waals surface area contributed by atoms with Gasteiger partial charge < -0.3 is 0 Å². The van der Waals surface area contributed by atoms with Crippen LogP contribution in [0.5, 0.6) is 0 Å². The summed E-state index contributed by atoms with van der Waals surface area (Å²) in [4.78, 5) is 4.40. The fourth-order valence-corrected chi connectivity index (χ4v) is 2.29. The van der Waals surface area contributed by atoms with Crippen LogP contribution in [0.15, 0.2) is 30.3 Å². The average Bonchev–Trinajstić information content (AvgIpc) is 2.95. The number of nitrogens with zero attached hydrogens (tertiary/aromatic N) is 5. The van der Waals surface area contributed by atoms with Gasteiger partial charge in [0, 0.05) is 12.7 Å². The molecule has 0 saturated carbocycles. The lowest BCUT2D eigenvalue weighted by Gasteiger charge is -2.04. The Morgan fingerprint density at radius 3 is 2.65 bits per heavy atom. The Kier molecular flexibility index (Phi) is 3.19. The van der Waals surface area contributed by atoms with Crippen LogP contribution in [0.25, 0.3) is 5.69 Å². The number of hydrogen-bond donors (Lipinski definition) is 1. The first-order valence-electron chi connectivity index (χ1n) is 6.23. The maximum atomic E-state index is 5.30. The zero-order valence-corrected chi connectivity index (χ0v) is 12.1. The fourth-order valence-electron chi connectivity index (χ4n) is 2.03. The summed E-state index contributed by atoms with van der Waals surface area (Å²) in [6.45, 7) is 1.92. The number of H-pyrrole nitrogens is 1. The molecule has 2 heterocycles. The predicted octanol–water partition coefficient (Wildman–Crippen LogP) is 1.96. The third-order valence-corrected chi connectivity index (χ3v) is 3.37. The van der Waals surface area contributed by atoms with Crippen molar-refractivity contribution in [1.29, 1.82) is 0 Å². The van der Waals surface area contributed by atoms with E-state index < -0.39 is 0 Å². The van der Waals surface area contributed by atoms with Gasteiger partial charge in [-0.3, -0.25) is 14.3 Å². The largest absolute Gasteiger partial charge is 0.272 e. The molecule has 102 valence electrons. The van der Waals surface area contributed by atoms with Crippen molar-refractivity contribution in [3.8, 4) is 5.69 Å². The van der Waals surface area contributed by atoms with Crippen molar-refractivity contribution in [2.75, 3.05) is 0 Å². The van der Waals surface area contributed by atoms with Gasteiger partial charge in [0.15, 0.2) is 10.6 Å². The minimum Gasteiger partial charge on any atom is -0.272 e. The van der Waals surface area contributed by atoms with Gasteiger partial charge in [-0.15, -0.1) is 0 Å². The number of hydrogen-bond acceptors (Lipinski definition) is 4. The van der Waals surface area contributed by atoms with Crippen molar-refractivity contribution < 1.29 is 0 Å². The van der Waals surface area contributed by atoms with E-state index in [1.807, 2.05) is 48.9 Å². The number of para-hydroxylation sites is 1. The molecule has 1 N–H and O–H groups in total. The van der Waals surface area contributed by atoms with Crippen LogP contribution >= 0.6 is 12.2 Å². The van der Waals surface area contributed by atoms with Gasteiger partial charge >= 0.3 is 0 Å². The average molecular weight is 286 g/mol. The smallest absolute Gasteiger partial charge is 0.199 e. The number of aromatic nitrogens is 6. The quantitative estimate of drug-likeness (QED) is 0.748. The monoisotopic (exact) mass is 286 g/mol. The molecule has 0 saturated heterocycles. The van der Waals surface area contributed by atoms with E-state index in [9.17, 15) is 0 Å². The van der Waals surface area contributed by atoms with E-state index in [0.717, 1.165) is 23.2 Å². The molecule has 0 bridgehead atoms. The van der Waals surface area contributed by atoms with E-state index >= 15 is 0 Å². The number of aromatic amines is 1. The normalized spacial score (nSPS) is 10.9. The number of nitrogens with one attached hydrogen (secondary N) is 1. The topological polar surface area (TPSA) is 64.3 Å². The Hall–Kier alpha value is -2.28. The van der Waals surface area contributed by atoms with Crippen LogP contribution in [0.1, 0.15) is 17.5 Å². The molecule has 0 spiro atoms.